The van der Waals surface area contributed by atoms with Crippen LogP contribution in [0.15, 0.2) is 30.3 Å². The Morgan fingerprint density at radius 2 is 2.00 bits per heavy atom. The van der Waals surface area contributed by atoms with Crippen molar-refractivity contribution in [2.45, 2.75) is 44.4 Å². The minimum atomic E-state index is -0.430. The van der Waals surface area contributed by atoms with Gasteiger partial charge in [-0.25, -0.2) is 0 Å². The highest BCUT2D eigenvalue weighted by Crippen LogP contribution is 2.24. The number of aliphatic hydroxyl groups is 2. The Morgan fingerprint density at radius 3 is 2.67 bits per heavy atom. The van der Waals surface area contributed by atoms with Crippen LogP contribution in [0.4, 0.5) is 0 Å². The van der Waals surface area contributed by atoms with Crippen molar-refractivity contribution in [1.29, 1.82) is 0 Å². The van der Waals surface area contributed by atoms with Gasteiger partial charge in [-0.3, -0.25) is 4.90 Å². The third-order valence-electron chi connectivity index (χ3n) is 3.70. The van der Waals surface area contributed by atoms with Crippen LogP contribution in [-0.4, -0.2) is 40.3 Å². The lowest BCUT2D eigenvalue weighted by molar-refractivity contribution is 0.0833. The first-order chi connectivity index (χ1) is 8.66. The first kappa shape index (κ1) is 13.5. The zero-order chi connectivity index (χ0) is 13.0. The molecular weight excluding hydrogens is 226 g/mol. The maximum Gasteiger partial charge on any atom is 0.0917 e. The molecule has 1 aromatic rings. The number of β-amino-alcohol motifs (C(OH)–C–C–N with tert-alkyl or cyclic N) is 1. The number of aliphatic hydroxyl groups excluding tert-OH is 2. The summed E-state index contributed by atoms with van der Waals surface area (Å²) in [5, 5.41) is 19.7. The molecule has 3 heteroatoms. The smallest absolute Gasteiger partial charge is 0.0917 e. The fourth-order valence-electron chi connectivity index (χ4n) is 2.80. The van der Waals surface area contributed by atoms with Crippen LogP contribution in [-0.2, 0) is 0 Å². The molecule has 0 aromatic heterocycles. The molecule has 3 unspecified atom stereocenters. The zero-order valence-electron chi connectivity index (χ0n) is 11.0. The zero-order valence-corrected chi connectivity index (χ0v) is 11.0. The Hall–Kier alpha value is -0.900. The average Bonchev–Trinajstić information content (AvgIpc) is 2.77. The van der Waals surface area contributed by atoms with Crippen molar-refractivity contribution in [3.8, 4) is 0 Å². The van der Waals surface area contributed by atoms with E-state index in [2.05, 4.69) is 4.90 Å². The standard InChI is InChI=1S/C15H23NO2/c1-12(17)10-14-8-5-9-16(14)11-15(18)13-6-3-2-4-7-13/h2-4,6-7,12,14-15,17-18H,5,8-11H2,1H3. The largest absolute Gasteiger partial charge is 0.393 e. The molecule has 1 aliphatic heterocycles. The van der Waals surface area contributed by atoms with Gasteiger partial charge in [-0.15, -0.1) is 0 Å². The monoisotopic (exact) mass is 249 g/mol. The molecule has 2 N–H and O–H groups in total. The van der Waals surface area contributed by atoms with E-state index in [1.807, 2.05) is 37.3 Å². The second-order valence-electron chi connectivity index (χ2n) is 5.30. The summed E-state index contributed by atoms with van der Waals surface area (Å²) in [6.07, 6.45) is 2.41. The van der Waals surface area contributed by atoms with Crippen LogP contribution < -0.4 is 0 Å². The SMILES string of the molecule is CC(O)CC1CCCN1CC(O)c1ccccc1. The summed E-state index contributed by atoms with van der Waals surface area (Å²) in [6, 6.07) is 10.2. The van der Waals surface area contributed by atoms with Crippen molar-refractivity contribution in [3.05, 3.63) is 35.9 Å². The van der Waals surface area contributed by atoms with Gasteiger partial charge < -0.3 is 10.2 Å². The first-order valence-corrected chi connectivity index (χ1v) is 6.82. The van der Waals surface area contributed by atoms with Gasteiger partial charge in [0.2, 0.25) is 0 Å². The summed E-state index contributed by atoms with van der Waals surface area (Å²) in [5.74, 6) is 0. The fourth-order valence-corrected chi connectivity index (χ4v) is 2.80. The van der Waals surface area contributed by atoms with Crippen molar-refractivity contribution >= 4 is 0 Å². The highest BCUT2D eigenvalue weighted by atomic mass is 16.3. The average molecular weight is 249 g/mol. The van der Waals surface area contributed by atoms with Gasteiger partial charge in [0, 0.05) is 12.6 Å². The molecule has 1 heterocycles. The summed E-state index contributed by atoms with van der Waals surface area (Å²) in [7, 11) is 0. The second-order valence-corrected chi connectivity index (χ2v) is 5.30. The minimum absolute atomic E-state index is 0.260. The van der Waals surface area contributed by atoms with Crippen molar-refractivity contribution in [3.63, 3.8) is 0 Å². The second kappa shape index (κ2) is 6.32. The van der Waals surface area contributed by atoms with E-state index in [4.69, 9.17) is 0 Å². The summed E-state index contributed by atoms with van der Waals surface area (Å²) >= 11 is 0. The van der Waals surface area contributed by atoms with E-state index in [-0.39, 0.29) is 6.10 Å². The molecule has 1 fully saturated rings. The molecule has 100 valence electrons. The molecule has 1 saturated heterocycles. The number of rotatable bonds is 5. The summed E-state index contributed by atoms with van der Waals surface area (Å²) in [5.41, 5.74) is 0.972. The fraction of sp³-hybridized carbons (Fsp3) is 0.600. The van der Waals surface area contributed by atoms with Gasteiger partial charge in [0.05, 0.1) is 12.2 Å². The maximum atomic E-state index is 10.2. The minimum Gasteiger partial charge on any atom is -0.393 e. The van der Waals surface area contributed by atoms with E-state index in [1.54, 1.807) is 0 Å². The number of benzene rings is 1. The molecule has 0 radical (unpaired) electrons. The Morgan fingerprint density at radius 1 is 1.28 bits per heavy atom. The highest BCUT2D eigenvalue weighted by Gasteiger charge is 2.27. The third kappa shape index (κ3) is 3.55. The Balaban J connectivity index is 1.92. The Bertz CT molecular complexity index is 353. The van der Waals surface area contributed by atoms with E-state index < -0.39 is 6.10 Å². The van der Waals surface area contributed by atoms with E-state index >= 15 is 0 Å². The Labute approximate surface area is 109 Å². The molecule has 1 aliphatic rings. The van der Waals surface area contributed by atoms with Gasteiger partial charge in [-0.05, 0) is 38.3 Å². The van der Waals surface area contributed by atoms with Gasteiger partial charge in [-0.2, -0.15) is 0 Å². The van der Waals surface area contributed by atoms with Gasteiger partial charge in [0.1, 0.15) is 0 Å². The third-order valence-corrected chi connectivity index (χ3v) is 3.70. The lowest BCUT2D eigenvalue weighted by atomic mass is 10.1. The molecule has 18 heavy (non-hydrogen) atoms. The normalized spacial score (nSPS) is 24.1. The van der Waals surface area contributed by atoms with Crippen LogP contribution in [0.25, 0.3) is 0 Å². The van der Waals surface area contributed by atoms with Crippen LogP contribution in [0.3, 0.4) is 0 Å². The van der Waals surface area contributed by atoms with Crippen LogP contribution >= 0.6 is 0 Å². The van der Waals surface area contributed by atoms with Crippen molar-refractivity contribution in [2.24, 2.45) is 0 Å². The summed E-state index contributed by atoms with van der Waals surface area (Å²) < 4.78 is 0. The van der Waals surface area contributed by atoms with Crippen LogP contribution in [0.5, 0.6) is 0 Å². The highest BCUT2D eigenvalue weighted by molar-refractivity contribution is 5.17. The van der Waals surface area contributed by atoms with Crippen LogP contribution in [0, 0.1) is 0 Å². The topological polar surface area (TPSA) is 43.7 Å². The van der Waals surface area contributed by atoms with Gasteiger partial charge in [-0.1, -0.05) is 30.3 Å². The van der Waals surface area contributed by atoms with Gasteiger partial charge in [0.15, 0.2) is 0 Å². The summed E-state index contributed by atoms with van der Waals surface area (Å²) in [4.78, 5) is 2.31. The van der Waals surface area contributed by atoms with Crippen molar-refractivity contribution in [2.75, 3.05) is 13.1 Å². The molecule has 0 saturated carbocycles. The van der Waals surface area contributed by atoms with Crippen molar-refractivity contribution in [1.82, 2.24) is 4.90 Å². The number of hydrogen-bond acceptors (Lipinski definition) is 3. The first-order valence-electron chi connectivity index (χ1n) is 6.82. The Kier molecular flexibility index (Phi) is 4.75. The molecule has 0 spiro atoms. The predicted octanol–water partition coefficient (Wildman–Crippen LogP) is 1.96. The van der Waals surface area contributed by atoms with E-state index in [0.717, 1.165) is 24.9 Å². The van der Waals surface area contributed by atoms with E-state index in [0.29, 0.717) is 12.6 Å². The molecular formula is C15H23NO2. The number of likely N-dealkylation sites (tertiary alicyclic amines) is 1. The number of hydrogen-bond donors (Lipinski definition) is 2. The predicted molar refractivity (Wildman–Crippen MR) is 72.3 cm³/mol. The molecule has 0 aliphatic carbocycles. The maximum absolute atomic E-state index is 10.2. The molecule has 1 aromatic carbocycles. The lowest BCUT2D eigenvalue weighted by Crippen LogP contribution is -2.35. The van der Waals surface area contributed by atoms with Crippen molar-refractivity contribution < 1.29 is 10.2 Å². The van der Waals surface area contributed by atoms with Crippen LogP contribution in [0.1, 0.15) is 37.9 Å². The quantitative estimate of drug-likeness (QED) is 0.838. The molecule has 3 atom stereocenters. The molecule has 0 bridgehead atoms. The van der Waals surface area contributed by atoms with E-state index in [9.17, 15) is 10.2 Å². The molecule has 0 amide bonds. The molecule has 3 nitrogen and oxygen atoms in total. The van der Waals surface area contributed by atoms with E-state index in [1.165, 1.54) is 6.42 Å². The number of nitrogens with zero attached hydrogens (tertiary/aromatic N) is 1. The lowest BCUT2D eigenvalue weighted by Gasteiger charge is -2.27. The molecule has 2 rings (SSSR count). The summed E-state index contributed by atoms with van der Waals surface area (Å²) in [6.45, 7) is 3.53. The van der Waals surface area contributed by atoms with Gasteiger partial charge >= 0.3 is 0 Å². The van der Waals surface area contributed by atoms with Crippen LogP contribution in [0.2, 0.25) is 0 Å². The van der Waals surface area contributed by atoms with Gasteiger partial charge in [0.25, 0.3) is 0 Å².